The molecule has 150 valence electrons. The number of aryl methyl sites for hydroxylation is 1. The van der Waals surface area contributed by atoms with Gasteiger partial charge >= 0.3 is 0 Å². The number of carbonyl (C=O) groups is 2. The van der Waals surface area contributed by atoms with E-state index in [2.05, 4.69) is 15.7 Å². The summed E-state index contributed by atoms with van der Waals surface area (Å²) in [5.74, 6) is -0.170. The molecule has 0 aliphatic rings. The lowest BCUT2D eigenvalue weighted by molar-refractivity contribution is -0.114. The number of benzene rings is 2. The molecule has 2 N–H and O–H groups in total. The van der Waals surface area contributed by atoms with Gasteiger partial charge < -0.3 is 15.4 Å². The number of amides is 2. The van der Waals surface area contributed by atoms with Crippen LogP contribution in [0.1, 0.15) is 28.5 Å². The van der Waals surface area contributed by atoms with Crippen LogP contribution in [-0.2, 0) is 11.3 Å². The number of hydrogen-bond acceptors (Lipinski definition) is 4. The first-order chi connectivity index (χ1) is 13.9. The van der Waals surface area contributed by atoms with Gasteiger partial charge in [-0.15, -0.1) is 0 Å². The molecule has 7 nitrogen and oxygen atoms in total. The Morgan fingerprint density at radius 1 is 1.14 bits per heavy atom. The summed E-state index contributed by atoms with van der Waals surface area (Å²) in [6.45, 7) is 3.59. The molecule has 0 radical (unpaired) electrons. The average molecular weight is 413 g/mol. The lowest BCUT2D eigenvalue weighted by Gasteiger charge is -2.12. The number of halogens is 1. The van der Waals surface area contributed by atoms with Gasteiger partial charge in [0.25, 0.3) is 5.91 Å². The molecule has 0 aliphatic heterocycles. The molecule has 0 saturated carbocycles. The molecule has 0 aliphatic carbocycles. The van der Waals surface area contributed by atoms with Crippen LogP contribution in [0.25, 0.3) is 0 Å². The maximum Gasteiger partial charge on any atom is 0.260 e. The Bertz CT molecular complexity index is 1050. The van der Waals surface area contributed by atoms with E-state index >= 15 is 0 Å². The van der Waals surface area contributed by atoms with Crippen LogP contribution in [0.3, 0.4) is 0 Å². The number of nitrogens with one attached hydrogen (secondary N) is 2. The molecule has 0 atom stereocenters. The van der Waals surface area contributed by atoms with E-state index in [4.69, 9.17) is 16.3 Å². The molecule has 0 saturated heterocycles. The third-order valence-electron chi connectivity index (χ3n) is 4.24. The number of ether oxygens (including phenoxy) is 1. The highest BCUT2D eigenvalue weighted by molar-refractivity contribution is 6.33. The second-order valence-electron chi connectivity index (χ2n) is 6.44. The van der Waals surface area contributed by atoms with Gasteiger partial charge in [-0.3, -0.25) is 9.59 Å². The van der Waals surface area contributed by atoms with Crippen molar-refractivity contribution in [2.24, 2.45) is 0 Å². The summed E-state index contributed by atoms with van der Waals surface area (Å²) >= 11 is 6.47. The van der Waals surface area contributed by atoms with E-state index in [0.717, 1.165) is 5.56 Å². The van der Waals surface area contributed by atoms with Crippen molar-refractivity contribution < 1.29 is 14.3 Å². The highest BCUT2D eigenvalue weighted by Crippen LogP contribution is 2.30. The van der Waals surface area contributed by atoms with Gasteiger partial charge in [0.2, 0.25) is 5.91 Å². The number of hydrogen-bond donors (Lipinski definition) is 2. The summed E-state index contributed by atoms with van der Waals surface area (Å²) in [4.78, 5) is 24.2. The van der Waals surface area contributed by atoms with Crippen molar-refractivity contribution in [1.29, 1.82) is 0 Å². The largest absolute Gasteiger partial charge is 0.495 e. The van der Waals surface area contributed by atoms with Crippen LogP contribution in [0.5, 0.6) is 5.75 Å². The molecule has 3 rings (SSSR count). The van der Waals surface area contributed by atoms with Crippen LogP contribution in [0.2, 0.25) is 5.15 Å². The monoisotopic (exact) mass is 412 g/mol. The summed E-state index contributed by atoms with van der Waals surface area (Å²) in [5, 5.41) is 10.1. The molecule has 0 spiro atoms. The van der Waals surface area contributed by atoms with Crippen molar-refractivity contribution in [3.63, 3.8) is 0 Å². The maximum atomic E-state index is 12.9. The summed E-state index contributed by atoms with van der Waals surface area (Å²) in [5.41, 5.74) is 2.77. The molecule has 29 heavy (non-hydrogen) atoms. The lowest BCUT2D eigenvalue weighted by Crippen LogP contribution is -2.14. The Kier molecular flexibility index (Phi) is 6.19. The second-order valence-corrected chi connectivity index (χ2v) is 6.80. The Hall–Kier alpha value is -3.32. The second kappa shape index (κ2) is 8.79. The molecule has 0 unspecified atom stereocenters. The van der Waals surface area contributed by atoms with Crippen molar-refractivity contribution in [1.82, 2.24) is 9.78 Å². The van der Waals surface area contributed by atoms with Crippen LogP contribution in [0, 0.1) is 6.92 Å². The average Bonchev–Trinajstić information content (AvgIpc) is 2.95. The van der Waals surface area contributed by atoms with Crippen molar-refractivity contribution in [2.45, 2.75) is 20.4 Å². The van der Waals surface area contributed by atoms with Gasteiger partial charge in [0.05, 0.1) is 30.6 Å². The predicted molar refractivity (Wildman–Crippen MR) is 113 cm³/mol. The van der Waals surface area contributed by atoms with E-state index in [1.807, 2.05) is 30.3 Å². The van der Waals surface area contributed by atoms with Crippen LogP contribution in [0.15, 0.2) is 48.5 Å². The van der Waals surface area contributed by atoms with Crippen molar-refractivity contribution in [3.8, 4) is 5.75 Å². The first kappa shape index (κ1) is 20.4. The summed E-state index contributed by atoms with van der Waals surface area (Å²) in [6, 6.07) is 14.7. The molecule has 2 amide bonds. The van der Waals surface area contributed by atoms with Crippen molar-refractivity contribution in [2.75, 3.05) is 17.7 Å². The predicted octanol–water partition coefficient (Wildman–Crippen LogP) is 4.11. The highest BCUT2D eigenvalue weighted by atomic mass is 35.5. The quantitative estimate of drug-likeness (QED) is 0.638. The van der Waals surface area contributed by atoms with Crippen LogP contribution in [0.4, 0.5) is 11.4 Å². The molecular formula is C21H21ClN4O3. The van der Waals surface area contributed by atoms with E-state index in [9.17, 15) is 9.59 Å². The smallest absolute Gasteiger partial charge is 0.260 e. The van der Waals surface area contributed by atoms with Crippen molar-refractivity contribution in [3.05, 3.63) is 70.5 Å². The number of rotatable bonds is 6. The topological polar surface area (TPSA) is 85.2 Å². The summed E-state index contributed by atoms with van der Waals surface area (Å²) in [7, 11) is 1.50. The molecule has 1 heterocycles. The molecule has 3 aromatic rings. The molecule has 8 heteroatoms. The zero-order valence-corrected chi connectivity index (χ0v) is 17.1. The third kappa shape index (κ3) is 4.75. The van der Waals surface area contributed by atoms with Gasteiger partial charge in [-0.2, -0.15) is 5.10 Å². The molecule has 1 aromatic heterocycles. The highest BCUT2D eigenvalue weighted by Gasteiger charge is 2.21. The zero-order valence-electron chi connectivity index (χ0n) is 16.3. The van der Waals surface area contributed by atoms with E-state index in [1.165, 1.54) is 14.0 Å². The first-order valence-electron chi connectivity index (χ1n) is 8.93. The normalized spacial score (nSPS) is 10.5. The van der Waals surface area contributed by atoms with Crippen molar-refractivity contribution >= 4 is 34.8 Å². The number of anilines is 2. The minimum absolute atomic E-state index is 0.214. The Labute approximate surface area is 173 Å². The number of methoxy groups -OCH3 is 1. The number of nitrogens with zero attached hydrogens (tertiary/aromatic N) is 2. The van der Waals surface area contributed by atoms with Crippen LogP contribution < -0.4 is 15.4 Å². The minimum Gasteiger partial charge on any atom is -0.495 e. The maximum absolute atomic E-state index is 12.9. The van der Waals surface area contributed by atoms with E-state index < -0.39 is 5.91 Å². The van der Waals surface area contributed by atoms with E-state index in [1.54, 1.807) is 29.8 Å². The van der Waals surface area contributed by atoms with Gasteiger partial charge in [0, 0.05) is 12.6 Å². The SMILES string of the molecule is COc1ccc(NC(C)=O)cc1NC(=O)c1c(C)nn(Cc2ccccc2)c1Cl. The van der Waals surface area contributed by atoms with E-state index in [-0.39, 0.29) is 16.6 Å². The summed E-state index contributed by atoms with van der Waals surface area (Å²) < 4.78 is 6.89. The van der Waals surface area contributed by atoms with Gasteiger partial charge in [-0.25, -0.2) is 4.68 Å². The zero-order chi connectivity index (χ0) is 21.0. The fourth-order valence-electron chi connectivity index (χ4n) is 2.94. The summed E-state index contributed by atoms with van der Waals surface area (Å²) in [6.07, 6.45) is 0. The fourth-order valence-corrected chi connectivity index (χ4v) is 3.26. The number of aromatic nitrogens is 2. The Morgan fingerprint density at radius 2 is 1.86 bits per heavy atom. The van der Waals surface area contributed by atoms with Crippen LogP contribution in [-0.4, -0.2) is 28.7 Å². The molecule has 0 bridgehead atoms. The Morgan fingerprint density at radius 3 is 2.52 bits per heavy atom. The van der Waals surface area contributed by atoms with Gasteiger partial charge in [0.1, 0.15) is 10.9 Å². The molecular weight excluding hydrogens is 392 g/mol. The first-order valence-corrected chi connectivity index (χ1v) is 9.30. The minimum atomic E-state index is -0.412. The lowest BCUT2D eigenvalue weighted by atomic mass is 10.2. The number of carbonyl (C=O) groups excluding carboxylic acids is 2. The van der Waals surface area contributed by atoms with Gasteiger partial charge in [-0.1, -0.05) is 41.9 Å². The third-order valence-corrected chi connectivity index (χ3v) is 4.62. The molecule has 0 fully saturated rings. The Balaban J connectivity index is 1.87. The molecule has 2 aromatic carbocycles. The standard InChI is InChI=1S/C21H21ClN4O3/c1-13-19(20(22)26(25-13)12-15-7-5-4-6-8-15)21(28)24-17-11-16(23-14(2)27)9-10-18(17)29-3/h4-11H,12H2,1-3H3,(H,23,27)(H,24,28). The van der Waals surface area contributed by atoms with Gasteiger partial charge in [-0.05, 0) is 30.7 Å². The van der Waals surface area contributed by atoms with Crippen LogP contribution >= 0.6 is 11.6 Å². The van der Waals surface area contributed by atoms with E-state index in [0.29, 0.717) is 29.4 Å². The fraction of sp³-hybridized carbons (Fsp3) is 0.190. The van der Waals surface area contributed by atoms with Gasteiger partial charge in [0.15, 0.2) is 0 Å².